The molecule has 3 heterocycles. The van der Waals surface area contributed by atoms with E-state index in [0.717, 1.165) is 17.8 Å². The van der Waals surface area contributed by atoms with Crippen LogP contribution in [0.5, 0.6) is 0 Å². The fraction of sp³-hybridized carbons (Fsp3) is 0.579. The number of thiazole rings is 1. The Balaban J connectivity index is 1.67. The first-order chi connectivity index (χ1) is 12.9. The number of amides is 2. The Bertz CT molecular complexity index is 815. The van der Waals surface area contributed by atoms with Gasteiger partial charge in [-0.1, -0.05) is 0 Å². The van der Waals surface area contributed by atoms with Crippen LogP contribution in [0.15, 0.2) is 18.5 Å². The number of carbonyl (C=O) groups is 2. The van der Waals surface area contributed by atoms with Crippen LogP contribution < -0.4 is 5.32 Å². The zero-order valence-electron chi connectivity index (χ0n) is 16.2. The van der Waals surface area contributed by atoms with Crippen molar-refractivity contribution in [1.82, 2.24) is 25.0 Å². The molecule has 0 saturated carbocycles. The number of nitrogens with one attached hydrogen (secondary N) is 1. The third-order valence-corrected chi connectivity index (χ3v) is 6.08. The normalized spacial score (nSPS) is 19.9. The minimum Gasteiger partial charge on any atom is -0.354 e. The maximum absolute atomic E-state index is 13.0. The van der Waals surface area contributed by atoms with Crippen molar-refractivity contribution in [2.75, 3.05) is 13.1 Å². The van der Waals surface area contributed by atoms with E-state index in [2.05, 4.69) is 15.4 Å². The zero-order chi connectivity index (χ0) is 19.4. The number of piperidine rings is 1. The largest absolute Gasteiger partial charge is 0.354 e. The highest BCUT2D eigenvalue weighted by Crippen LogP contribution is 2.29. The molecule has 0 aliphatic carbocycles. The van der Waals surface area contributed by atoms with Crippen molar-refractivity contribution >= 4 is 23.2 Å². The second-order valence-corrected chi connectivity index (χ2v) is 8.43. The monoisotopic (exact) mass is 389 g/mol. The highest BCUT2D eigenvalue weighted by molar-refractivity contribution is 7.11. The van der Waals surface area contributed by atoms with Gasteiger partial charge in [0.1, 0.15) is 11.2 Å². The molecule has 0 bridgehead atoms. The molecule has 146 valence electrons. The van der Waals surface area contributed by atoms with Crippen LogP contribution in [0.1, 0.15) is 53.5 Å². The Morgan fingerprint density at radius 2 is 2.19 bits per heavy atom. The molecular formula is C19H27N5O2S. The first-order valence-electron chi connectivity index (χ1n) is 9.49. The van der Waals surface area contributed by atoms with Crippen LogP contribution >= 0.6 is 11.3 Å². The second-order valence-electron chi connectivity index (χ2n) is 7.11. The number of aryl methyl sites for hydroxylation is 2. The van der Waals surface area contributed by atoms with E-state index in [9.17, 15) is 9.59 Å². The van der Waals surface area contributed by atoms with Crippen molar-refractivity contribution in [2.45, 2.75) is 58.5 Å². The molecule has 1 saturated heterocycles. The van der Waals surface area contributed by atoms with E-state index in [1.54, 1.807) is 33.2 Å². The van der Waals surface area contributed by atoms with Gasteiger partial charge in [0.2, 0.25) is 5.91 Å². The van der Waals surface area contributed by atoms with E-state index >= 15 is 0 Å². The number of nitrogens with zero attached hydrogens (tertiary/aromatic N) is 4. The van der Waals surface area contributed by atoms with Crippen LogP contribution in [0.2, 0.25) is 0 Å². The number of carbonyl (C=O) groups excluding carboxylic acids is 2. The summed E-state index contributed by atoms with van der Waals surface area (Å²) in [5, 5.41) is 8.34. The summed E-state index contributed by atoms with van der Waals surface area (Å²) < 4.78 is 1.73. The van der Waals surface area contributed by atoms with E-state index in [0.29, 0.717) is 38.2 Å². The van der Waals surface area contributed by atoms with Gasteiger partial charge in [-0.3, -0.25) is 14.3 Å². The Morgan fingerprint density at radius 1 is 1.37 bits per heavy atom. The lowest BCUT2D eigenvalue weighted by atomic mass is 9.87. The molecule has 27 heavy (non-hydrogen) atoms. The maximum Gasteiger partial charge on any atom is 0.275 e. The van der Waals surface area contributed by atoms with Crippen molar-refractivity contribution in [2.24, 2.45) is 0 Å². The molecule has 0 aromatic carbocycles. The van der Waals surface area contributed by atoms with E-state index in [4.69, 9.17) is 0 Å². The molecule has 2 aromatic heterocycles. The van der Waals surface area contributed by atoms with E-state index in [1.165, 1.54) is 4.88 Å². The molecule has 2 amide bonds. The maximum atomic E-state index is 13.0. The Kier molecular flexibility index (Phi) is 5.94. The minimum absolute atomic E-state index is 0.0984. The molecule has 1 N–H and O–H groups in total. The molecule has 1 aliphatic rings. The lowest BCUT2D eigenvalue weighted by molar-refractivity contribution is -0.133. The van der Waals surface area contributed by atoms with Crippen LogP contribution in [-0.4, -0.2) is 50.1 Å². The molecule has 0 spiro atoms. The first-order valence-corrected chi connectivity index (χ1v) is 10.3. The average molecular weight is 390 g/mol. The third-order valence-electron chi connectivity index (χ3n) is 5.10. The lowest BCUT2D eigenvalue weighted by Crippen LogP contribution is -2.61. The smallest absolute Gasteiger partial charge is 0.275 e. The topological polar surface area (TPSA) is 80.1 Å². The molecule has 2 aromatic rings. The molecule has 1 unspecified atom stereocenters. The van der Waals surface area contributed by atoms with Crippen molar-refractivity contribution in [1.29, 1.82) is 0 Å². The number of hydrogen-bond acceptors (Lipinski definition) is 5. The molecule has 7 nitrogen and oxygen atoms in total. The van der Waals surface area contributed by atoms with Gasteiger partial charge in [-0.2, -0.15) is 5.10 Å². The van der Waals surface area contributed by atoms with Crippen molar-refractivity contribution in [3.05, 3.63) is 34.0 Å². The summed E-state index contributed by atoms with van der Waals surface area (Å²) in [5.41, 5.74) is -0.444. The summed E-state index contributed by atoms with van der Waals surface area (Å²) in [7, 11) is 0. The van der Waals surface area contributed by atoms with E-state index < -0.39 is 5.54 Å². The SMILES string of the molecule is CCn1ccc(C(=O)N2CCCCC2(C)C(=O)NCCc2ncc(C)s2)n1. The summed E-state index contributed by atoms with van der Waals surface area (Å²) in [6, 6.07) is 1.73. The molecule has 0 radical (unpaired) electrons. The summed E-state index contributed by atoms with van der Waals surface area (Å²) in [6.45, 7) is 7.67. The van der Waals surface area contributed by atoms with Gasteiger partial charge < -0.3 is 10.2 Å². The van der Waals surface area contributed by atoms with Gasteiger partial charge in [-0.25, -0.2) is 4.98 Å². The Hall–Kier alpha value is -2.22. The van der Waals surface area contributed by atoms with E-state index in [-0.39, 0.29) is 11.8 Å². The van der Waals surface area contributed by atoms with Crippen LogP contribution in [0.3, 0.4) is 0 Å². The van der Waals surface area contributed by atoms with Gasteiger partial charge in [-0.05, 0) is 46.1 Å². The molecule has 8 heteroatoms. The van der Waals surface area contributed by atoms with Crippen LogP contribution in [-0.2, 0) is 17.8 Å². The zero-order valence-corrected chi connectivity index (χ0v) is 17.0. The van der Waals surface area contributed by atoms with Crippen molar-refractivity contribution < 1.29 is 9.59 Å². The number of rotatable bonds is 6. The van der Waals surface area contributed by atoms with Crippen LogP contribution in [0.25, 0.3) is 0 Å². The van der Waals surface area contributed by atoms with Gasteiger partial charge in [-0.15, -0.1) is 11.3 Å². The van der Waals surface area contributed by atoms with Gasteiger partial charge in [0.05, 0.1) is 5.01 Å². The highest BCUT2D eigenvalue weighted by atomic mass is 32.1. The Morgan fingerprint density at radius 3 is 2.85 bits per heavy atom. The minimum atomic E-state index is -0.843. The molecule has 3 rings (SSSR count). The average Bonchev–Trinajstić information content (AvgIpc) is 3.30. The third kappa shape index (κ3) is 4.21. The van der Waals surface area contributed by atoms with Crippen molar-refractivity contribution in [3.8, 4) is 0 Å². The fourth-order valence-electron chi connectivity index (χ4n) is 3.46. The van der Waals surface area contributed by atoms with Gasteiger partial charge in [0.15, 0.2) is 0 Å². The first kappa shape index (κ1) is 19.5. The van der Waals surface area contributed by atoms with Crippen LogP contribution in [0, 0.1) is 6.92 Å². The number of aromatic nitrogens is 3. The summed E-state index contributed by atoms with van der Waals surface area (Å²) in [5.74, 6) is -0.270. The van der Waals surface area contributed by atoms with Gasteiger partial charge >= 0.3 is 0 Å². The predicted molar refractivity (Wildman–Crippen MR) is 105 cm³/mol. The molecular weight excluding hydrogens is 362 g/mol. The summed E-state index contributed by atoms with van der Waals surface area (Å²) >= 11 is 1.64. The molecule has 1 aliphatic heterocycles. The van der Waals surface area contributed by atoms with Crippen LogP contribution in [0.4, 0.5) is 0 Å². The summed E-state index contributed by atoms with van der Waals surface area (Å²) in [4.78, 5) is 33.2. The lowest BCUT2D eigenvalue weighted by Gasteiger charge is -2.43. The second kappa shape index (κ2) is 8.21. The molecule has 1 fully saturated rings. The van der Waals surface area contributed by atoms with E-state index in [1.807, 2.05) is 27.0 Å². The van der Waals surface area contributed by atoms with Crippen molar-refractivity contribution in [3.63, 3.8) is 0 Å². The standard InChI is InChI=1S/C19H27N5O2S/c1-4-23-12-8-15(22-23)17(25)24-11-6-5-9-19(24,3)18(26)20-10-7-16-21-13-14(2)27-16/h8,12-13H,4-7,9-11H2,1-3H3,(H,20,26). The van der Waals surface area contributed by atoms with Gasteiger partial charge in [0, 0.05) is 43.3 Å². The Labute approximate surface area is 163 Å². The quantitative estimate of drug-likeness (QED) is 0.823. The van der Waals surface area contributed by atoms with Gasteiger partial charge in [0.25, 0.3) is 5.91 Å². The number of likely N-dealkylation sites (tertiary alicyclic amines) is 1. The highest BCUT2D eigenvalue weighted by Gasteiger charge is 2.44. The fourth-order valence-corrected chi connectivity index (χ4v) is 4.25. The summed E-state index contributed by atoms with van der Waals surface area (Å²) in [6.07, 6.45) is 6.85. The predicted octanol–water partition coefficient (Wildman–Crippen LogP) is 2.41. The number of hydrogen-bond donors (Lipinski definition) is 1. The molecule has 1 atom stereocenters.